The van der Waals surface area contributed by atoms with Gasteiger partial charge in [-0.1, -0.05) is 6.07 Å². The highest BCUT2D eigenvalue weighted by atomic mass is 19.4. The summed E-state index contributed by atoms with van der Waals surface area (Å²) < 4.78 is 49.2. The average molecular weight is 516 g/mol. The number of hydrogen-bond donors (Lipinski definition) is 3. The van der Waals surface area contributed by atoms with E-state index in [1.54, 1.807) is 62.3 Å². The van der Waals surface area contributed by atoms with E-state index in [0.29, 0.717) is 35.1 Å². The van der Waals surface area contributed by atoms with Crippen molar-refractivity contribution in [2.45, 2.75) is 38.2 Å². The van der Waals surface area contributed by atoms with Gasteiger partial charge in [0.25, 0.3) is 0 Å². The van der Waals surface area contributed by atoms with Gasteiger partial charge in [-0.15, -0.1) is 0 Å². The van der Waals surface area contributed by atoms with Crippen molar-refractivity contribution in [3.8, 4) is 28.3 Å². The van der Waals surface area contributed by atoms with E-state index >= 15 is 0 Å². The van der Waals surface area contributed by atoms with Crippen molar-refractivity contribution in [3.05, 3.63) is 49.1 Å². The molecule has 0 aromatic carbocycles. The van der Waals surface area contributed by atoms with Crippen molar-refractivity contribution in [2.24, 2.45) is 5.92 Å². The van der Waals surface area contributed by atoms with Crippen molar-refractivity contribution >= 4 is 11.5 Å². The lowest BCUT2D eigenvalue weighted by Gasteiger charge is -2.22. The van der Waals surface area contributed by atoms with Gasteiger partial charge in [-0.25, -0.2) is 9.97 Å². The van der Waals surface area contributed by atoms with Crippen molar-refractivity contribution in [1.82, 2.24) is 29.5 Å². The molecule has 0 spiro atoms. The third-order valence-electron chi connectivity index (χ3n) is 6.30. The fraction of sp³-hybridized carbons (Fsp3) is 0.400. The Kier molecular flexibility index (Phi) is 6.32. The van der Waals surface area contributed by atoms with E-state index < -0.39 is 23.7 Å². The van der Waals surface area contributed by atoms with Crippen LogP contribution in [0.2, 0.25) is 0 Å². The summed E-state index contributed by atoms with van der Waals surface area (Å²) in [5.74, 6) is -0.527. The Labute approximate surface area is 211 Å². The number of alkyl halides is 3. The number of pyridine rings is 2. The molecule has 4 aromatic heterocycles. The molecule has 2 atom stereocenters. The van der Waals surface area contributed by atoms with Gasteiger partial charge in [-0.2, -0.15) is 18.3 Å². The molecule has 1 aliphatic heterocycles. The zero-order valence-electron chi connectivity index (χ0n) is 20.6. The first-order valence-corrected chi connectivity index (χ1v) is 11.8. The number of nitrogens with one attached hydrogen (secondary N) is 2. The van der Waals surface area contributed by atoms with E-state index in [4.69, 9.17) is 4.74 Å². The first-order chi connectivity index (χ1) is 17.5. The summed E-state index contributed by atoms with van der Waals surface area (Å²) in [6, 6.07) is 6.19. The molecule has 3 N–H and O–H groups in total. The quantitative estimate of drug-likeness (QED) is 0.346. The molecule has 196 valence electrons. The molecule has 37 heavy (non-hydrogen) atoms. The molecule has 12 heteroatoms. The van der Waals surface area contributed by atoms with Crippen LogP contribution in [0.4, 0.5) is 19.0 Å². The van der Waals surface area contributed by atoms with Gasteiger partial charge in [0.05, 0.1) is 55.0 Å². The third kappa shape index (κ3) is 5.25. The number of halogens is 3. The van der Waals surface area contributed by atoms with Gasteiger partial charge in [0.2, 0.25) is 0 Å². The fourth-order valence-corrected chi connectivity index (χ4v) is 4.59. The number of nitrogens with zero attached hydrogens (tertiary/aromatic N) is 5. The van der Waals surface area contributed by atoms with Gasteiger partial charge in [-0.05, 0) is 26.0 Å². The van der Waals surface area contributed by atoms with Crippen LogP contribution in [0.5, 0.6) is 5.75 Å². The van der Waals surface area contributed by atoms with Crippen LogP contribution in [-0.4, -0.2) is 67.3 Å². The highest BCUT2D eigenvalue weighted by Crippen LogP contribution is 2.34. The van der Waals surface area contributed by atoms with Crippen molar-refractivity contribution in [2.75, 3.05) is 25.5 Å². The van der Waals surface area contributed by atoms with Crippen LogP contribution in [0, 0.1) is 5.92 Å². The second-order valence-corrected chi connectivity index (χ2v) is 9.83. The average Bonchev–Trinajstić information content (AvgIpc) is 3.56. The number of ether oxygens (including phenoxy) is 1. The van der Waals surface area contributed by atoms with E-state index in [9.17, 15) is 18.3 Å². The number of rotatable bonds is 7. The zero-order valence-corrected chi connectivity index (χ0v) is 20.6. The van der Waals surface area contributed by atoms with Crippen molar-refractivity contribution in [1.29, 1.82) is 0 Å². The molecule has 0 aliphatic carbocycles. The Morgan fingerprint density at radius 2 is 2.00 bits per heavy atom. The Balaban J connectivity index is 1.48. The first-order valence-electron chi connectivity index (χ1n) is 11.8. The normalized spacial score (nSPS) is 18.5. The molecule has 0 unspecified atom stereocenters. The van der Waals surface area contributed by atoms with Crippen LogP contribution >= 0.6 is 0 Å². The van der Waals surface area contributed by atoms with E-state index in [0.717, 1.165) is 11.1 Å². The number of hydrogen-bond acceptors (Lipinski definition) is 7. The summed E-state index contributed by atoms with van der Waals surface area (Å²) in [6.07, 6.45) is 2.76. The Bertz CT molecular complexity index is 1410. The molecule has 0 saturated carbocycles. The number of imidazole rings is 1. The zero-order chi connectivity index (χ0) is 26.4. The molecule has 1 saturated heterocycles. The minimum Gasteiger partial charge on any atom is -0.496 e. The number of fused-ring (bicyclic) bond motifs is 1. The van der Waals surface area contributed by atoms with Gasteiger partial charge in [0, 0.05) is 42.7 Å². The topological polar surface area (TPSA) is 102 Å². The molecular weight excluding hydrogens is 487 g/mol. The molecule has 0 radical (unpaired) electrons. The van der Waals surface area contributed by atoms with E-state index in [2.05, 4.69) is 25.7 Å². The summed E-state index contributed by atoms with van der Waals surface area (Å²) in [5, 5.41) is 20.2. The predicted molar refractivity (Wildman–Crippen MR) is 132 cm³/mol. The minimum atomic E-state index is -4.30. The van der Waals surface area contributed by atoms with Gasteiger partial charge in [0.15, 0.2) is 0 Å². The number of anilines is 1. The Hall–Kier alpha value is -3.64. The minimum absolute atomic E-state index is 0.120. The lowest BCUT2D eigenvalue weighted by atomic mass is 10.0. The highest BCUT2D eigenvalue weighted by molar-refractivity contribution is 5.73. The maximum atomic E-state index is 13.4. The molecule has 0 bridgehead atoms. The monoisotopic (exact) mass is 515 g/mol. The smallest absolute Gasteiger partial charge is 0.395 e. The predicted octanol–water partition coefficient (Wildman–Crippen LogP) is 3.60. The van der Waals surface area contributed by atoms with Crippen LogP contribution in [-0.2, 0) is 6.54 Å². The maximum absolute atomic E-state index is 13.4. The summed E-state index contributed by atoms with van der Waals surface area (Å²) in [5.41, 5.74) is 2.48. The van der Waals surface area contributed by atoms with Gasteiger partial charge < -0.3 is 20.5 Å². The maximum Gasteiger partial charge on any atom is 0.395 e. The molecule has 4 aromatic rings. The Morgan fingerprint density at radius 1 is 1.19 bits per heavy atom. The Morgan fingerprint density at radius 3 is 2.73 bits per heavy atom. The standard InChI is InChI=1S/C25H28F3N7O2/c1-24(2,36)14-34-12-15(8-31-34)16-13-35-20(11-30-23(35)7-21(16)37-3)18-5-4-6-22(32-18)33-19-10-29-9-17(19)25(26,27)28/h4-8,11-13,17,19,29,36H,9-10,14H2,1-3H3,(H,32,33)/t17-,19-/m0/s1. The van der Waals surface area contributed by atoms with Gasteiger partial charge in [0.1, 0.15) is 17.2 Å². The van der Waals surface area contributed by atoms with Gasteiger partial charge >= 0.3 is 6.18 Å². The molecule has 5 rings (SSSR count). The lowest BCUT2D eigenvalue weighted by Crippen LogP contribution is -2.38. The second-order valence-electron chi connectivity index (χ2n) is 9.83. The van der Waals surface area contributed by atoms with Crippen LogP contribution < -0.4 is 15.4 Å². The van der Waals surface area contributed by atoms with Crippen LogP contribution in [0.25, 0.3) is 28.2 Å². The van der Waals surface area contributed by atoms with Crippen molar-refractivity contribution < 1.29 is 23.0 Å². The van der Waals surface area contributed by atoms with Crippen LogP contribution in [0.1, 0.15) is 13.8 Å². The van der Waals surface area contributed by atoms with Crippen LogP contribution in [0.3, 0.4) is 0 Å². The first kappa shape index (κ1) is 25.0. The molecule has 1 aliphatic rings. The molecule has 1 fully saturated rings. The van der Waals surface area contributed by atoms with E-state index in [1.165, 1.54) is 0 Å². The fourth-order valence-electron chi connectivity index (χ4n) is 4.59. The molecule has 5 heterocycles. The van der Waals surface area contributed by atoms with E-state index in [-0.39, 0.29) is 13.1 Å². The summed E-state index contributed by atoms with van der Waals surface area (Å²) >= 11 is 0. The summed E-state index contributed by atoms with van der Waals surface area (Å²) in [4.78, 5) is 9.07. The highest BCUT2D eigenvalue weighted by Gasteiger charge is 2.47. The van der Waals surface area contributed by atoms with Crippen LogP contribution in [0.15, 0.2) is 49.1 Å². The molecule has 0 amide bonds. The summed E-state index contributed by atoms with van der Waals surface area (Å²) in [7, 11) is 1.57. The SMILES string of the molecule is COc1cc2ncc(-c3cccc(N[C@H]4CNC[C@@H]4C(F)(F)F)n3)n2cc1-c1cnn(CC(C)(C)O)c1. The van der Waals surface area contributed by atoms with Crippen molar-refractivity contribution in [3.63, 3.8) is 0 Å². The van der Waals surface area contributed by atoms with Gasteiger partial charge in [-0.3, -0.25) is 9.08 Å². The second kappa shape index (κ2) is 9.34. The third-order valence-corrected chi connectivity index (χ3v) is 6.30. The van der Waals surface area contributed by atoms with E-state index in [1.807, 2.05) is 16.8 Å². The number of methoxy groups -OCH3 is 1. The molecule has 9 nitrogen and oxygen atoms in total. The number of aliphatic hydroxyl groups is 1. The summed E-state index contributed by atoms with van der Waals surface area (Å²) in [6.45, 7) is 3.83. The number of aromatic nitrogens is 5. The molecular formula is C25H28F3N7O2. The largest absolute Gasteiger partial charge is 0.496 e. The lowest BCUT2D eigenvalue weighted by molar-refractivity contribution is -0.170.